The van der Waals surface area contributed by atoms with Gasteiger partial charge in [-0.1, -0.05) is 11.6 Å². The zero-order chi connectivity index (χ0) is 9.84. The van der Waals surface area contributed by atoms with Gasteiger partial charge in [-0.25, -0.2) is 0 Å². The molecule has 0 aliphatic rings. The molecule has 1 heterocycles. The van der Waals surface area contributed by atoms with Crippen molar-refractivity contribution in [2.75, 3.05) is 17.7 Å². The summed E-state index contributed by atoms with van der Waals surface area (Å²) in [6.45, 7) is 0. The fourth-order valence-corrected chi connectivity index (χ4v) is 2.07. The molecule has 5 heteroatoms. The zero-order valence-electron chi connectivity index (χ0n) is 7.16. The minimum absolute atomic E-state index is 0.0634. The van der Waals surface area contributed by atoms with Gasteiger partial charge in [0.25, 0.3) is 0 Å². The Morgan fingerprint density at radius 1 is 1.69 bits per heavy atom. The first-order valence-corrected chi connectivity index (χ1v) is 5.60. The average molecular weight is 236 g/mol. The Balaban J connectivity index is 2.67. The summed E-state index contributed by atoms with van der Waals surface area (Å²) in [5, 5.41) is 0.872. The second-order valence-electron chi connectivity index (χ2n) is 2.50. The normalized spacial score (nSPS) is 10.1. The summed E-state index contributed by atoms with van der Waals surface area (Å²) in [5.74, 6) is 0.635. The number of carbonyl (C=O) groups is 1. The minimum atomic E-state index is 0.0634. The maximum atomic E-state index is 11.4. The van der Waals surface area contributed by atoms with Gasteiger partial charge in [0.15, 0.2) is 0 Å². The van der Waals surface area contributed by atoms with E-state index in [0.29, 0.717) is 16.5 Å². The van der Waals surface area contributed by atoms with Crippen molar-refractivity contribution >= 4 is 46.5 Å². The van der Waals surface area contributed by atoms with Crippen LogP contribution in [0.5, 0.6) is 0 Å². The average Bonchev–Trinajstić information content (AvgIpc) is 2.51. The lowest BCUT2D eigenvalue weighted by molar-refractivity contribution is -0.117. The fourth-order valence-electron chi connectivity index (χ4n) is 0.871. The SMILES string of the molecule is CN(C(=O)CCS)c1ccc(Cl)s1. The third-order valence-electron chi connectivity index (χ3n) is 1.59. The fraction of sp³-hybridized carbons (Fsp3) is 0.375. The van der Waals surface area contributed by atoms with Crippen molar-refractivity contribution in [1.82, 2.24) is 0 Å². The third kappa shape index (κ3) is 2.90. The Morgan fingerprint density at radius 2 is 2.38 bits per heavy atom. The molecule has 0 spiro atoms. The van der Waals surface area contributed by atoms with E-state index in [9.17, 15) is 4.79 Å². The van der Waals surface area contributed by atoms with Gasteiger partial charge in [0.05, 0.1) is 9.34 Å². The molecule has 1 aromatic heterocycles. The van der Waals surface area contributed by atoms with Gasteiger partial charge in [0.1, 0.15) is 0 Å². The molecule has 0 unspecified atom stereocenters. The molecule has 0 aliphatic heterocycles. The molecule has 0 atom stereocenters. The van der Waals surface area contributed by atoms with Crippen LogP contribution in [0.25, 0.3) is 0 Å². The highest BCUT2D eigenvalue weighted by Gasteiger charge is 2.11. The highest BCUT2D eigenvalue weighted by Crippen LogP contribution is 2.28. The van der Waals surface area contributed by atoms with Crippen LogP contribution < -0.4 is 4.90 Å². The molecule has 0 saturated carbocycles. The molecule has 0 bridgehead atoms. The van der Waals surface area contributed by atoms with Crippen molar-refractivity contribution in [3.8, 4) is 0 Å². The van der Waals surface area contributed by atoms with E-state index >= 15 is 0 Å². The maximum absolute atomic E-state index is 11.4. The lowest BCUT2D eigenvalue weighted by Crippen LogP contribution is -2.25. The number of hydrogen-bond donors (Lipinski definition) is 1. The van der Waals surface area contributed by atoms with Gasteiger partial charge in [-0.3, -0.25) is 4.79 Å². The minimum Gasteiger partial charge on any atom is -0.307 e. The van der Waals surface area contributed by atoms with Gasteiger partial charge >= 0.3 is 0 Å². The Kier molecular flexibility index (Phi) is 4.09. The lowest BCUT2D eigenvalue weighted by Gasteiger charge is -2.13. The Bertz CT molecular complexity index is 300. The molecular weight excluding hydrogens is 226 g/mol. The van der Waals surface area contributed by atoms with E-state index in [2.05, 4.69) is 12.6 Å². The number of carbonyl (C=O) groups excluding carboxylic acids is 1. The van der Waals surface area contributed by atoms with E-state index in [-0.39, 0.29) is 5.91 Å². The number of rotatable bonds is 3. The van der Waals surface area contributed by atoms with Crippen molar-refractivity contribution < 1.29 is 4.79 Å². The summed E-state index contributed by atoms with van der Waals surface area (Å²) in [6.07, 6.45) is 0.454. The standard InChI is InChI=1S/C8H10ClNOS2/c1-10(7(11)4-5-12)8-3-2-6(9)13-8/h2-3,12H,4-5H2,1H3. The monoisotopic (exact) mass is 235 g/mol. The number of anilines is 1. The number of thiol groups is 1. The van der Waals surface area contributed by atoms with Gasteiger partial charge in [-0.2, -0.15) is 12.6 Å². The van der Waals surface area contributed by atoms with Gasteiger partial charge in [0.2, 0.25) is 5.91 Å². The van der Waals surface area contributed by atoms with Crippen LogP contribution >= 0.6 is 35.6 Å². The number of thiophene rings is 1. The quantitative estimate of drug-likeness (QED) is 0.799. The van der Waals surface area contributed by atoms with Crippen molar-refractivity contribution in [3.05, 3.63) is 16.5 Å². The number of amides is 1. The van der Waals surface area contributed by atoms with Gasteiger partial charge in [-0.15, -0.1) is 11.3 Å². The molecule has 72 valence electrons. The number of halogens is 1. The first-order chi connectivity index (χ1) is 6.15. The zero-order valence-corrected chi connectivity index (χ0v) is 9.62. The molecule has 0 fully saturated rings. The van der Waals surface area contributed by atoms with Crippen LogP contribution in [0.1, 0.15) is 6.42 Å². The summed E-state index contributed by atoms with van der Waals surface area (Å²) < 4.78 is 0.695. The van der Waals surface area contributed by atoms with E-state index in [1.54, 1.807) is 18.0 Å². The first-order valence-electron chi connectivity index (χ1n) is 3.78. The van der Waals surface area contributed by atoms with E-state index in [4.69, 9.17) is 11.6 Å². The lowest BCUT2D eigenvalue weighted by atomic mass is 10.4. The van der Waals surface area contributed by atoms with Crippen molar-refractivity contribution in [1.29, 1.82) is 0 Å². The molecule has 1 aromatic rings. The van der Waals surface area contributed by atoms with Crippen LogP contribution in [-0.4, -0.2) is 18.7 Å². The van der Waals surface area contributed by atoms with E-state index < -0.39 is 0 Å². The van der Waals surface area contributed by atoms with Crippen molar-refractivity contribution in [2.24, 2.45) is 0 Å². The van der Waals surface area contributed by atoms with Crippen LogP contribution in [0, 0.1) is 0 Å². The molecule has 0 aromatic carbocycles. The number of hydrogen-bond acceptors (Lipinski definition) is 3. The molecule has 0 radical (unpaired) electrons. The summed E-state index contributed by atoms with van der Waals surface area (Å²) in [5.41, 5.74) is 0. The Labute approximate surface area is 91.9 Å². The summed E-state index contributed by atoms with van der Waals surface area (Å²) in [4.78, 5) is 13.0. The summed E-state index contributed by atoms with van der Waals surface area (Å²) in [6, 6.07) is 3.62. The number of nitrogens with zero attached hydrogens (tertiary/aromatic N) is 1. The molecule has 0 aliphatic carbocycles. The second-order valence-corrected chi connectivity index (χ2v) is 4.64. The highest BCUT2D eigenvalue weighted by atomic mass is 35.5. The molecule has 1 rings (SSSR count). The maximum Gasteiger partial charge on any atom is 0.228 e. The van der Waals surface area contributed by atoms with E-state index in [0.717, 1.165) is 5.00 Å². The van der Waals surface area contributed by atoms with Gasteiger partial charge in [-0.05, 0) is 17.9 Å². The van der Waals surface area contributed by atoms with E-state index in [1.165, 1.54) is 11.3 Å². The molecule has 1 amide bonds. The van der Waals surface area contributed by atoms with Crippen LogP contribution in [0.3, 0.4) is 0 Å². The third-order valence-corrected chi connectivity index (χ3v) is 3.12. The van der Waals surface area contributed by atoms with Crippen molar-refractivity contribution in [3.63, 3.8) is 0 Å². The Hall–Kier alpha value is -0.190. The predicted molar refractivity (Wildman–Crippen MR) is 61.2 cm³/mol. The Morgan fingerprint density at radius 3 is 2.85 bits per heavy atom. The van der Waals surface area contributed by atoms with Crippen LogP contribution in [-0.2, 0) is 4.79 Å². The molecule has 0 N–H and O–H groups in total. The van der Waals surface area contributed by atoms with Crippen LogP contribution in [0.4, 0.5) is 5.00 Å². The topological polar surface area (TPSA) is 20.3 Å². The van der Waals surface area contributed by atoms with Gasteiger partial charge < -0.3 is 4.90 Å². The predicted octanol–water partition coefficient (Wildman–Crippen LogP) is 2.68. The van der Waals surface area contributed by atoms with Crippen LogP contribution in [0.15, 0.2) is 12.1 Å². The molecule has 2 nitrogen and oxygen atoms in total. The molecule has 0 saturated heterocycles. The smallest absolute Gasteiger partial charge is 0.228 e. The first kappa shape index (κ1) is 10.9. The highest BCUT2D eigenvalue weighted by molar-refractivity contribution is 7.80. The molecule has 13 heavy (non-hydrogen) atoms. The van der Waals surface area contributed by atoms with Crippen molar-refractivity contribution in [2.45, 2.75) is 6.42 Å². The van der Waals surface area contributed by atoms with Gasteiger partial charge in [0, 0.05) is 13.5 Å². The molecular formula is C8H10ClNOS2. The van der Waals surface area contributed by atoms with E-state index in [1.807, 2.05) is 6.07 Å². The second kappa shape index (κ2) is 4.88. The van der Waals surface area contributed by atoms with Crippen LogP contribution in [0.2, 0.25) is 4.34 Å². The summed E-state index contributed by atoms with van der Waals surface area (Å²) in [7, 11) is 1.74. The summed E-state index contributed by atoms with van der Waals surface area (Å²) >= 11 is 11.1. The largest absolute Gasteiger partial charge is 0.307 e.